The van der Waals surface area contributed by atoms with Crippen LogP contribution in [-0.2, 0) is 11.3 Å². The molecule has 0 saturated heterocycles. The summed E-state index contributed by atoms with van der Waals surface area (Å²) >= 11 is 0. The zero-order valence-corrected chi connectivity index (χ0v) is 5.65. The Morgan fingerprint density at radius 3 is 3.55 bits per heavy atom. The van der Waals surface area contributed by atoms with Gasteiger partial charge in [0.2, 0.25) is 6.08 Å². The number of aromatic nitrogens is 2. The fourth-order valence-electron chi connectivity index (χ4n) is 1.04. The predicted octanol–water partition coefficient (Wildman–Crippen LogP) is 0.243. The van der Waals surface area contributed by atoms with Gasteiger partial charge in [-0.2, -0.15) is 0 Å². The summed E-state index contributed by atoms with van der Waals surface area (Å²) in [5, 5.41) is 0. The highest BCUT2D eigenvalue weighted by molar-refractivity contribution is 5.45. The van der Waals surface area contributed by atoms with Gasteiger partial charge in [-0.25, -0.2) is 9.78 Å². The summed E-state index contributed by atoms with van der Waals surface area (Å²) in [4.78, 5) is 17.2. The van der Waals surface area contributed by atoms with Crippen LogP contribution >= 0.6 is 0 Å². The Balaban J connectivity index is 2.49. The Labute approximate surface area is 62.3 Å². The molecular weight excluding hydrogens is 146 g/mol. The molecule has 5 heteroatoms. The lowest BCUT2D eigenvalue weighted by atomic mass is 10.6. The fraction of sp³-hybridized carbons (Fsp3) is 0.333. The van der Waals surface area contributed by atoms with Gasteiger partial charge in [0, 0.05) is 0 Å². The molecule has 11 heavy (non-hydrogen) atoms. The van der Waals surface area contributed by atoms with Crippen LogP contribution in [-0.4, -0.2) is 22.2 Å². The van der Waals surface area contributed by atoms with Crippen molar-refractivity contribution >= 4 is 11.9 Å². The number of hydrogen-bond donors (Lipinski definition) is 0. The lowest BCUT2D eigenvalue weighted by Crippen LogP contribution is -1.91. The normalized spacial score (nSPS) is 13.5. The van der Waals surface area contributed by atoms with Gasteiger partial charge in [-0.05, 0) is 0 Å². The van der Waals surface area contributed by atoms with Crippen molar-refractivity contribution < 1.29 is 9.53 Å². The van der Waals surface area contributed by atoms with Crippen molar-refractivity contribution in [3.05, 3.63) is 6.20 Å². The Morgan fingerprint density at radius 1 is 1.82 bits per heavy atom. The fourth-order valence-corrected chi connectivity index (χ4v) is 1.04. The number of rotatable bonds is 1. The van der Waals surface area contributed by atoms with Crippen molar-refractivity contribution in [2.75, 3.05) is 6.61 Å². The van der Waals surface area contributed by atoms with E-state index >= 15 is 0 Å². The molecule has 2 rings (SSSR count). The SMILES string of the molecule is O=C=Nc1cnc2n1CCO2. The van der Waals surface area contributed by atoms with E-state index in [1.807, 2.05) is 0 Å². The third-order valence-electron chi connectivity index (χ3n) is 1.50. The molecular formula is C6H5N3O2. The molecule has 0 amide bonds. The molecule has 1 aromatic rings. The van der Waals surface area contributed by atoms with Crippen LogP contribution in [0.15, 0.2) is 11.2 Å². The molecule has 0 atom stereocenters. The van der Waals surface area contributed by atoms with Crippen LogP contribution in [0, 0.1) is 0 Å². The van der Waals surface area contributed by atoms with Crippen molar-refractivity contribution in [2.24, 2.45) is 4.99 Å². The molecule has 0 spiro atoms. The van der Waals surface area contributed by atoms with Gasteiger partial charge >= 0.3 is 0 Å². The van der Waals surface area contributed by atoms with Gasteiger partial charge in [-0.3, -0.25) is 4.57 Å². The number of nitrogens with zero attached hydrogens (tertiary/aromatic N) is 3. The van der Waals surface area contributed by atoms with Crippen molar-refractivity contribution in [1.82, 2.24) is 9.55 Å². The molecule has 0 bridgehead atoms. The number of fused-ring (bicyclic) bond motifs is 1. The third-order valence-corrected chi connectivity index (χ3v) is 1.50. The average molecular weight is 151 g/mol. The zero-order chi connectivity index (χ0) is 7.68. The lowest BCUT2D eigenvalue weighted by molar-refractivity contribution is 0.345. The van der Waals surface area contributed by atoms with Crippen LogP contribution < -0.4 is 4.74 Å². The molecule has 0 N–H and O–H groups in total. The minimum Gasteiger partial charge on any atom is -0.463 e. The highest BCUT2D eigenvalue weighted by atomic mass is 16.5. The van der Waals surface area contributed by atoms with Crippen LogP contribution in [0.25, 0.3) is 0 Å². The second kappa shape index (κ2) is 2.21. The first-order valence-corrected chi connectivity index (χ1v) is 3.18. The van der Waals surface area contributed by atoms with E-state index in [9.17, 15) is 4.79 Å². The van der Waals surface area contributed by atoms with E-state index in [2.05, 4.69) is 9.98 Å². The molecule has 1 aliphatic rings. The molecule has 0 saturated carbocycles. The van der Waals surface area contributed by atoms with Crippen molar-refractivity contribution in [2.45, 2.75) is 6.54 Å². The molecule has 56 valence electrons. The maximum atomic E-state index is 9.90. The van der Waals surface area contributed by atoms with E-state index in [0.29, 0.717) is 25.0 Å². The van der Waals surface area contributed by atoms with Gasteiger partial charge < -0.3 is 4.74 Å². The topological polar surface area (TPSA) is 56.5 Å². The highest BCUT2D eigenvalue weighted by Gasteiger charge is 2.15. The van der Waals surface area contributed by atoms with Crippen LogP contribution in [0.4, 0.5) is 5.82 Å². The Morgan fingerprint density at radius 2 is 2.73 bits per heavy atom. The molecule has 1 aliphatic heterocycles. The van der Waals surface area contributed by atoms with E-state index < -0.39 is 0 Å². The van der Waals surface area contributed by atoms with Gasteiger partial charge in [-0.1, -0.05) is 0 Å². The van der Waals surface area contributed by atoms with Crippen molar-refractivity contribution in [3.63, 3.8) is 0 Å². The van der Waals surface area contributed by atoms with Gasteiger partial charge in [-0.15, -0.1) is 4.99 Å². The first-order valence-electron chi connectivity index (χ1n) is 3.18. The summed E-state index contributed by atoms with van der Waals surface area (Å²) in [5.41, 5.74) is 0. The van der Waals surface area contributed by atoms with E-state index in [1.165, 1.54) is 12.3 Å². The number of isocyanates is 1. The lowest BCUT2D eigenvalue weighted by Gasteiger charge is -1.90. The first-order chi connectivity index (χ1) is 5.42. The van der Waals surface area contributed by atoms with Crippen molar-refractivity contribution in [3.8, 4) is 6.01 Å². The number of carbonyl (C=O) groups excluding carboxylic acids is 1. The molecule has 0 aromatic carbocycles. The number of imidazole rings is 1. The standard InChI is InChI=1S/C6H5N3O2/c10-4-8-5-3-7-6-9(5)1-2-11-6/h3H,1-2H2. The van der Waals surface area contributed by atoms with E-state index in [-0.39, 0.29) is 0 Å². The summed E-state index contributed by atoms with van der Waals surface area (Å²) in [5.74, 6) is 0.507. The maximum Gasteiger partial charge on any atom is 0.298 e. The average Bonchev–Trinajstić information content (AvgIpc) is 2.53. The third kappa shape index (κ3) is 0.824. The van der Waals surface area contributed by atoms with Crippen LogP contribution in [0.1, 0.15) is 0 Å². The monoisotopic (exact) mass is 151 g/mol. The Bertz CT molecular complexity index is 325. The molecule has 0 unspecified atom stereocenters. The summed E-state index contributed by atoms with van der Waals surface area (Å²) < 4.78 is 6.81. The number of hydrogen-bond acceptors (Lipinski definition) is 4. The van der Waals surface area contributed by atoms with E-state index in [1.54, 1.807) is 4.57 Å². The van der Waals surface area contributed by atoms with Gasteiger partial charge in [0.1, 0.15) is 6.61 Å². The van der Waals surface area contributed by atoms with Gasteiger partial charge in [0.05, 0.1) is 12.7 Å². The quantitative estimate of drug-likeness (QED) is 0.426. The second-order valence-electron chi connectivity index (χ2n) is 2.10. The largest absolute Gasteiger partial charge is 0.463 e. The number of aliphatic imine (C=N–C) groups is 1. The first kappa shape index (κ1) is 6.12. The molecule has 0 fully saturated rings. The molecule has 2 heterocycles. The molecule has 5 nitrogen and oxygen atoms in total. The minimum absolute atomic E-state index is 0.507. The summed E-state index contributed by atoms with van der Waals surface area (Å²) in [6, 6.07) is 0.527. The zero-order valence-electron chi connectivity index (χ0n) is 5.65. The summed E-state index contributed by atoms with van der Waals surface area (Å²) in [6.45, 7) is 1.31. The smallest absolute Gasteiger partial charge is 0.298 e. The van der Waals surface area contributed by atoms with Crippen LogP contribution in [0.5, 0.6) is 6.01 Å². The molecule has 1 aromatic heterocycles. The van der Waals surface area contributed by atoms with Crippen molar-refractivity contribution in [1.29, 1.82) is 0 Å². The number of ether oxygens (including phenoxy) is 1. The van der Waals surface area contributed by atoms with Gasteiger partial charge in [0.25, 0.3) is 6.01 Å². The van der Waals surface area contributed by atoms with Crippen LogP contribution in [0.2, 0.25) is 0 Å². The van der Waals surface area contributed by atoms with Crippen LogP contribution in [0.3, 0.4) is 0 Å². The second-order valence-corrected chi connectivity index (χ2v) is 2.10. The molecule has 0 radical (unpaired) electrons. The summed E-state index contributed by atoms with van der Waals surface area (Å²) in [6.07, 6.45) is 2.94. The highest BCUT2D eigenvalue weighted by Crippen LogP contribution is 2.23. The van der Waals surface area contributed by atoms with E-state index in [4.69, 9.17) is 4.74 Å². The predicted molar refractivity (Wildman–Crippen MR) is 35.5 cm³/mol. The van der Waals surface area contributed by atoms with E-state index in [0.717, 1.165) is 0 Å². The Kier molecular flexibility index (Phi) is 1.23. The maximum absolute atomic E-state index is 9.90. The minimum atomic E-state index is 0.507. The van der Waals surface area contributed by atoms with Gasteiger partial charge in [0.15, 0.2) is 5.82 Å². The summed E-state index contributed by atoms with van der Waals surface area (Å²) in [7, 11) is 0. The molecule has 0 aliphatic carbocycles. The Hall–Kier alpha value is -1.61.